The van der Waals surface area contributed by atoms with Crippen LogP contribution in [0.2, 0.25) is 0 Å². The summed E-state index contributed by atoms with van der Waals surface area (Å²) < 4.78 is 18.4. The molecule has 0 amide bonds. The number of nitrogen functional groups attached to an aromatic ring is 1. The van der Waals surface area contributed by atoms with E-state index in [-0.39, 0.29) is 5.69 Å². The van der Waals surface area contributed by atoms with Gasteiger partial charge in [-0.2, -0.15) is 4.98 Å². The van der Waals surface area contributed by atoms with E-state index in [0.717, 1.165) is 25.9 Å². The van der Waals surface area contributed by atoms with Gasteiger partial charge in [0.15, 0.2) is 0 Å². The number of nitrogens with two attached hydrogens (primary N) is 1. The van der Waals surface area contributed by atoms with Crippen LogP contribution in [0.15, 0.2) is 22.7 Å². The highest BCUT2D eigenvalue weighted by molar-refractivity contribution is 5.61. The third-order valence-corrected chi connectivity index (χ3v) is 3.55. The monoisotopic (exact) mass is 276 g/mol. The summed E-state index contributed by atoms with van der Waals surface area (Å²) in [5, 5.41) is 4.02. The molecule has 0 spiro atoms. The minimum Gasteiger partial charge on any atom is -0.396 e. The fourth-order valence-corrected chi connectivity index (χ4v) is 2.41. The second-order valence-corrected chi connectivity index (χ2v) is 5.04. The Morgan fingerprint density at radius 2 is 1.90 bits per heavy atom. The van der Waals surface area contributed by atoms with E-state index in [9.17, 15) is 4.39 Å². The summed E-state index contributed by atoms with van der Waals surface area (Å²) in [4.78, 5) is 6.52. The van der Waals surface area contributed by atoms with Gasteiger partial charge in [0.25, 0.3) is 11.8 Å². The zero-order valence-electron chi connectivity index (χ0n) is 11.2. The highest BCUT2D eigenvalue weighted by Crippen LogP contribution is 2.24. The first-order valence-electron chi connectivity index (χ1n) is 6.88. The number of hydrogen-bond acceptors (Lipinski definition) is 5. The van der Waals surface area contributed by atoms with E-state index in [2.05, 4.69) is 15.0 Å². The topological polar surface area (TPSA) is 68.2 Å². The van der Waals surface area contributed by atoms with Gasteiger partial charge in [-0.1, -0.05) is 12.8 Å². The van der Waals surface area contributed by atoms with Crippen LogP contribution in [-0.4, -0.2) is 23.2 Å². The van der Waals surface area contributed by atoms with Gasteiger partial charge in [-0.15, -0.1) is 0 Å². The first-order chi connectivity index (χ1) is 9.74. The van der Waals surface area contributed by atoms with E-state index >= 15 is 0 Å². The molecule has 3 rings (SSSR count). The van der Waals surface area contributed by atoms with E-state index in [1.54, 1.807) is 6.07 Å². The number of halogens is 1. The largest absolute Gasteiger partial charge is 0.396 e. The molecule has 1 aliphatic heterocycles. The normalized spacial score (nSPS) is 16.1. The van der Waals surface area contributed by atoms with Gasteiger partial charge in [0, 0.05) is 18.7 Å². The third-order valence-electron chi connectivity index (χ3n) is 3.55. The van der Waals surface area contributed by atoms with Gasteiger partial charge in [0.05, 0.1) is 5.69 Å². The number of hydrogen-bond donors (Lipinski definition) is 1. The predicted octanol–water partition coefficient (Wildman–Crippen LogP) is 2.84. The van der Waals surface area contributed by atoms with Crippen LogP contribution in [0, 0.1) is 5.82 Å². The van der Waals surface area contributed by atoms with Gasteiger partial charge < -0.3 is 15.2 Å². The molecule has 1 saturated heterocycles. The summed E-state index contributed by atoms with van der Waals surface area (Å²) in [6.45, 7) is 1.90. The zero-order chi connectivity index (χ0) is 13.9. The maximum atomic E-state index is 13.2. The summed E-state index contributed by atoms with van der Waals surface area (Å²) in [6, 6.07) is 4.40. The Hall–Kier alpha value is -2.11. The summed E-state index contributed by atoms with van der Waals surface area (Å²) in [6.07, 6.45) is 4.78. The van der Waals surface area contributed by atoms with Crippen LogP contribution in [0.3, 0.4) is 0 Å². The Balaban J connectivity index is 1.83. The van der Waals surface area contributed by atoms with Crippen LogP contribution in [-0.2, 0) is 0 Å². The van der Waals surface area contributed by atoms with Gasteiger partial charge in [-0.3, -0.25) is 0 Å². The molecule has 1 aromatic heterocycles. The quantitative estimate of drug-likeness (QED) is 0.854. The number of nitrogens with zero attached hydrogens (tertiary/aromatic N) is 3. The van der Waals surface area contributed by atoms with Gasteiger partial charge in [0.1, 0.15) is 5.82 Å². The maximum Gasteiger partial charge on any atom is 0.266 e. The fraction of sp³-hybridized carbons (Fsp3) is 0.429. The second kappa shape index (κ2) is 5.48. The minimum absolute atomic E-state index is 0.0806. The molecular formula is C14H17FN4O. The number of anilines is 2. The smallest absolute Gasteiger partial charge is 0.266 e. The van der Waals surface area contributed by atoms with Crippen LogP contribution < -0.4 is 10.6 Å². The molecule has 0 bridgehead atoms. The number of aromatic nitrogens is 2. The maximum absolute atomic E-state index is 13.2. The summed E-state index contributed by atoms with van der Waals surface area (Å²) >= 11 is 0. The first-order valence-corrected chi connectivity index (χ1v) is 6.88. The molecular weight excluding hydrogens is 259 g/mol. The second-order valence-electron chi connectivity index (χ2n) is 5.04. The molecule has 6 heteroatoms. The highest BCUT2D eigenvalue weighted by atomic mass is 19.1. The van der Waals surface area contributed by atoms with Crippen molar-refractivity contribution in [1.29, 1.82) is 0 Å². The molecule has 0 unspecified atom stereocenters. The lowest BCUT2D eigenvalue weighted by atomic mass is 10.2. The van der Waals surface area contributed by atoms with Crippen molar-refractivity contribution in [3.05, 3.63) is 24.0 Å². The number of benzene rings is 1. The lowest BCUT2D eigenvalue weighted by Crippen LogP contribution is -2.24. The molecule has 0 aliphatic carbocycles. The summed E-state index contributed by atoms with van der Waals surface area (Å²) in [5.74, 6) is 0.529. The Labute approximate surface area is 116 Å². The van der Waals surface area contributed by atoms with Crippen LogP contribution in [0.4, 0.5) is 16.0 Å². The molecule has 1 aromatic carbocycles. The molecule has 0 atom stereocenters. The van der Waals surface area contributed by atoms with E-state index in [1.807, 2.05) is 0 Å². The van der Waals surface area contributed by atoms with Crippen molar-refractivity contribution in [3.63, 3.8) is 0 Å². The molecule has 2 aromatic rings. The van der Waals surface area contributed by atoms with Gasteiger partial charge in [-0.05, 0) is 36.2 Å². The highest BCUT2D eigenvalue weighted by Gasteiger charge is 2.17. The molecule has 5 nitrogen and oxygen atoms in total. The van der Waals surface area contributed by atoms with Crippen LogP contribution in [0.25, 0.3) is 11.5 Å². The van der Waals surface area contributed by atoms with Gasteiger partial charge in [0.2, 0.25) is 0 Å². The average Bonchev–Trinajstić information content (AvgIpc) is 2.78. The molecule has 2 heterocycles. The van der Waals surface area contributed by atoms with E-state index in [4.69, 9.17) is 10.3 Å². The van der Waals surface area contributed by atoms with Crippen molar-refractivity contribution >= 4 is 11.6 Å². The summed E-state index contributed by atoms with van der Waals surface area (Å²) in [7, 11) is 0. The Kier molecular flexibility index (Phi) is 3.54. The van der Waals surface area contributed by atoms with E-state index < -0.39 is 5.82 Å². The SMILES string of the molecule is Nc1cc(-c2nc(N3CCCCCC3)no2)ccc1F. The molecule has 1 aliphatic rings. The lowest BCUT2D eigenvalue weighted by molar-refractivity contribution is 0.429. The number of rotatable bonds is 2. The van der Waals surface area contributed by atoms with Crippen LogP contribution >= 0.6 is 0 Å². The van der Waals surface area contributed by atoms with Crippen molar-refractivity contribution in [1.82, 2.24) is 10.1 Å². The fourth-order valence-electron chi connectivity index (χ4n) is 2.41. The minimum atomic E-state index is -0.444. The Morgan fingerprint density at radius 1 is 1.15 bits per heavy atom. The molecule has 1 fully saturated rings. The van der Waals surface area contributed by atoms with Crippen LogP contribution in [0.1, 0.15) is 25.7 Å². The van der Waals surface area contributed by atoms with Crippen molar-refractivity contribution < 1.29 is 8.91 Å². The first kappa shape index (κ1) is 12.9. The molecule has 0 radical (unpaired) electrons. The Morgan fingerprint density at radius 3 is 2.60 bits per heavy atom. The van der Waals surface area contributed by atoms with Crippen molar-refractivity contribution in [3.8, 4) is 11.5 Å². The molecule has 0 saturated carbocycles. The Bertz CT molecular complexity index is 591. The predicted molar refractivity (Wildman–Crippen MR) is 74.8 cm³/mol. The average molecular weight is 276 g/mol. The van der Waals surface area contributed by atoms with E-state index in [1.165, 1.54) is 25.0 Å². The zero-order valence-corrected chi connectivity index (χ0v) is 11.2. The lowest BCUT2D eigenvalue weighted by Gasteiger charge is -2.16. The summed E-state index contributed by atoms with van der Waals surface area (Å²) in [5.41, 5.74) is 6.27. The third kappa shape index (κ3) is 2.59. The van der Waals surface area contributed by atoms with Crippen molar-refractivity contribution in [2.24, 2.45) is 0 Å². The van der Waals surface area contributed by atoms with Crippen LogP contribution in [0.5, 0.6) is 0 Å². The molecule has 20 heavy (non-hydrogen) atoms. The molecule has 106 valence electrons. The van der Waals surface area contributed by atoms with Crippen molar-refractivity contribution in [2.75, 3.05) is 23.7 Å². The van der Waals surface area contributed by atoms with Crippen molar-refractivity contribution in [2.45, 2.75) is 25.7 Å². The van der Waals surface area contributed by atoms with Gasteiger partial charge in [-0.25, -0.2) is 4.39 Å². The van der Waals surface area contributed by atoms with E-state index in [0.29, 0.717) is 17.4 Å². The van der Waals surface area contributed by atoms with Gasteiger partial charge >= 0.3 is 0 Å². The standard InChI is InChI=1S/C14H17FN4O/c15-11-6-5-10(9-12(11)16)13-17-14(18-20-13)19-7-3-1-2-4-8-19/h5-6,9H,1-4,7-8,16H2. The molecule has 2 N–H and O–H groups in total.